The van der Waals surface area contributed by atoms with Crippen LogP contribution in [0.1, 0.15) is 0 Å². The van der Waals surface area contributed by atoms with Crippen molar-refractivity contribution in [1.29, 1.82) is 0 Å². The van der Waals surface area contributed by atoms with Crippen LogP contribution in [0.4, 0.5) is 11.8 Å². The Labute approximate surface area is 126 Å². The second-order valence-corrected chi connectivity index (χ2v) is 4.87. The van der Waals surface area contributed by atoms with Gasteiger partial charge in [0.25, 0.3) is 0 Å². The molecule has 0 saturated carbocycles. The molecule has 0 spiro atoms. The van der Waals surface area contributed by atoms with Crippen molar-refractivity contribution in [3.63, 3.8) is 0 Å². The Morgan fingerprint density at radius 2 is 2.09 bits per heavy atom. The van der Waals surface area contributed by atoms with Gasteiger partial charge in [0, 0.05) is 43.5 Å². The van der Waals surface area contributed by atoms with E-state index in [0.29, 0.717) is 5.95 Å². The number of aryl methyl sites for hydroxylation is 1. The number of anilines is 2. The number of rotatable bonds is 3. The second kappa shape index (κ2) is 4.96. The molecule has 0 aromatic carbocycles. The van der Waals surface area contributed by atoms with Gasteiger partial charge in [-0.05, 0) is 12.1 Å². The molecule has 0 saturated heterocycles. The van der Waals surface area contributed by atoms with Crippen LogP contribution >= 0.6 is 0 Å². The first-order chi connectivity index (χ1) is 10.8. The van der Waals surface area contributed by atoms with Crippen LogP contribution in [0.15, 0.2) is 55.4 Å². The van der Waals surface area contributed by atoms with Crippen molar-refractivity contribution in [2.24, 2.45) is 7.05 Å². The van der Waals surface area contributed by atoms with E-state index >= 15 is 0 Å². The zero-order chi connectivity index (χ0) is 14.9. The SMILES string of the molecule is Cn1nccc1Nc1nccc(-c2cc3cnccn3c2)n1. The Hall–Kier alpha value is -3.22. The average molecular weight is 291 g/mol. The summed E-state index contributed by atoms with van der Waals surface area (Å²) in [6.07, 6.45) is 11.0. The van der Waals surface area contributed by atoms with E-state index in [4.69, 9.17) is 0 Å². The van der Waals surface area contributed by atoms with E-state index in [1.54, 1.807) is 23.3 Å². The Bertz CT molecular complexity index is 905. The highest BCUT2D eigenvalue weighted by molar-refractivity contribution is 5.67. The average Bonchev–Trinajstić information content (AvgIpc) is 3.14. The summed E-state index contributed by atoms with van der Waals surface area (Å²) in [6, 6.07) is 5.80. The first-order valence-corrected chi connectivity index (χ1v) is 6.80. The topological polar surface area (TPSA) is 72.9 Å². The molecule has 0 aliphatic heterocycles. The summed E-state index contributed by atoms with van der Waals surface area (Å²) in [5.41, 5.74) is 2.89. The van der Waals surface area contributed by atoms with Gasteiger partial charge >= 0.3 is 0 Å². The molecule has 0 atom stereocenters. The zero-order valence-corrected chi connectivity index (χ0v) is 11.9. The summed E-state index contributed by atoms with van der Waals surface area (Å²) >= 11 is 0. The number of hydrogen-bond donors (Lipinski definition) is 1. The quantitative estimate of drug-likeness (QED) is 0.627. The molecule has 4 heterocycles. The molecule has 0 amide bonds. The van der Waals surface area contributed by atoms with E-state index in [1.807, 2.05) is 48.2 Å². The lowest BCUT2D eigenvalue weighted by Gasteiger charge is -2.05. The standard InChI is InChI=1S/C15H13N7/c1-21-14(3-5-18-21)20-15-17-4-2-13(19-15)11-8-12-9-16-6-7-22(12)10-11/h2-10H,1H3,(H,17,19,20). The fourth-order valence-electron chi connectivity index (χ4n) is 2.29. The summed E-state index contributed by atoms with van der Waals surface area (Å²) in [5.74, 6) is 1.37. The van der Waals surface area contributed by atoms with E-state index in [0.717, 1.165) is 22.6 Å². The first kappa shape index (κ1) is 12.5. The molecule has 0 aliphatic carbocycles. The van der Waals surface area contributed by atoms with E-state index in [1.165, 1.54) is 0 Å². The summed E-state index contributed by atoms with van der Waals surface area (Å²) < 4.78 is 3.74. The van der Waals surface area contributed by atoms with Gasteiger partial charge in [-0.3, -0.25) is 9.67 Å². The smallest absolute Gasteiger partial charge is 0.228 e. The summed E-state index contributed by atoms with van der Waals surface area (Å²) in [4.78, 5) is 12.9. The predicted octanol–water partition coefficient (Wildman–Crippen LogP) is 2.27. The largest absolute Gasteiger partial charge is 0.320 e. The van der Waals surface area contributed by atoms with Crippen LogP contribution < -0.4 is 5.32 Å². The van der Waals surface area contributed by atoms with Crippen molar-refractivity contribution in [2.75, 3.05) is 5.32 Å². The molecule has 0 radical (unpaired) electrons. The lowest BCUT2D eigenvalue weighted by atomic mass is 10.2. The minimum atomic E-state index is 0.537. The first-order valence-electron chi connectivity index (χ1n) is 6.80. The highest BCUT2D eigenvalue weighted by Crippen LogP contribution is 2.21. The molecule has 4 aromatic heterocycles. The second-order valence-electron chi connectivity index (χ2n) is 4.87. The van der Waals surface area contributed by atoms with Gasteiger partial charge in [-0.1, -0.05) is 0 Å². The number of hydrogen-bond acceptors (Lipinski definition) is 5. The maximum absolute atomic E-state index is 4.56. The number of aromatic nitrogens is 6. The lowest BCUT2D eigenvalue weighted by molar-refractivity contribution is 0.775. The van der Waals surface area contributed by atoms with Gasteiger partial charge in [-0.25, -0.2) is 9.97 Å². The summed E-state index contributed by atoms with van der Waals surface area (Å²) in [6.45, 7) is 0. The van der Waals surface area contributed by atoms with Crippen molar-refractivity contribution < 1.29 is 0 Å². The number of nitrogens with zero attached hydrogens (tertiary/aromatic N) is 6. The number of fused-ring (bicyclic) bond motifs is 1. The van der Waals surface area contributed by atoms with E-state index in [2.05, 4.69) is 25.4 Å². The molecular weight excluding hydrogens is 278 g/mol. The van der Waals surface area contributed by atoms with Gasteiger partial charge < -0.3 is 9.72 Å². The van der Waals surface area contributed by atoms with E-state index < -0.39 is 0 Å². The lowest BCUT2D eigenvalue weighted by Crippen LogP contribution is -2.02. The monoisotopic (exact) mass is 291 g/mol. The van der Waals surface area contributed by atoms with Crippen molar-refractivity contribution >= 4 is 17.3 Å². The molecule has 0 bridgehead atoms. The minimum absolute atomic E-state index is 0.537. The van der Waals surface area contributed by atoms with Crippen LogP contribution in [-0.4, -0.2) is 29.1 Å². The van der Waals surface area contributed by atoms with Crippen molar-refractivity contribution in [1.82, 2.24) is 29.1 Å². The van der Waals surface area contributed by atoms with Gasteiger partial charge in [0.1, 0.15) is 5.82 Å². The predicted molar refractivity (Wildman–Crippen MR) is 82.7 cm³/mol. The van der Waals surface area contributed by atoms with Gasteiger partial charge in [0.05, 0.1) is 23.6 Å². The van der Waals surface area contributed by atoms with Gasteiger partial charge in [-0.2, -0.15) is 5.10 Å². The zero-order valence-electron chi connectivity index (χ0n) is 11.9. The molecule has 22 heavy (non-hydrogen) atoms. The summed E-state index contributed by atoms with van der Waals surface area (Å²) in [5, 5.41) is 7.27. The van der Waals surface area contributed by atoms with Crippen LogP contribution in [0.2, 0.25) is 0 Å². The fourth-order valence-corrected chi connectivity index (χ4v) is 2.29. The Morgan fingerprint density at radius 3 is 2.91 bits per heavy atom. The van der Waals surface area contributed by atoms with Crippen molar-refractivity contribution in [2.45, 2.75) is 0 Å². The third-order valence-electron chi connectivity index (χ3n) is 3.41. The molecule has 7 nitrogen and oxygen atoms in total. The van der Waals surface area contributed by atoms with Crippen LogP contribution in [0.25, 0.3) is 16.8 Å². The Kier molecular flexibility index (Phi) is 2.82. The van der Waals surface area contributed by atoms with Crippen LogP contribution in [0.5, 0.6) is 0 Å². The van der Waals surface area contributed by atoms with Gasteiger partial charge in [-0.15, -0.1) is 0 Å². The minimum Gasteiger partial charge on any atom is -0.320 e. The third kappa shape index (κ3) is 2.18. The molecule has 0 fully saturated rings. The summed E-state index contributed by atoms with van der Waals surface area (Å²) in [7, 11) is 1.86. The Morgan fingerprint density at radius 1 is 1.14 bits per heavy atom. The highest BCUT2D eigenvalue weighted by atomic mass is 15.3. The van der Waals surface area contributed by atoms with E-state index in [-0.39, 0.29) is 0 Å². The molecule has 1 N–H and O–H groups in total. The molecule has 4 aromatic rings. The molecular formula is C15H13N7. The van der Waals surface area contributed by atoms with Gasteiger partial charge in [0.15, 0.2) is 0 Å². The maximum atomic E-state index is 4.56. The molecule has 0 aliphatic rings. The fraction of sp³-hybridized carbons (Fsp3) is 0.0667. The molecule has 7 heteroatoms. The van der Waals surface area contributed by atoms with Crippen LogP contribution in [0, 0.1) is 0 Å². The highest BCUT2D eigenvalue weighted by Gasteiger charge is 2.07. The Balaban J connectivity index is 1.70. The number of nitrogens with one attached hydrogen (secondary N) is 1. The third-order valence-corrected chi connectivity index (χ3v) is 3.41. The molecule has 4 rings (SSSR count). The van der Waals surface area contributed by atoms with Gasteiger partial charge in [0.2, 0.25) is 5.95 Å². The van der Waals surface area contributed by atoms with Crippen molar-refractivity contribution in [3.8, 4) is 11.3 Å². The van der Waals surface area contributed by atoms with Crippen LogP contribution in [0.3, 0.4) is 0 Å². The maximum Gasteiger partial charge on any atom is 0.228 e. The normalized spacial score (nSPS) is 11.0. The molecule has 108 valence electrons. The van der Waals surface area contributed by atoms with Crippen LogP contribution in [-0.2, 0) is 7.05 Å². The molecule has 0 unspecified atom stereocenters. The van der Waals surface area contributed by atoms with Crippen molar-refractivity contribution in [3.05, 3.63) is 55.4 Å². The van der Waals surface area contributed by atoms with E-state index in [9.17, 15) is 0 Å².